The van der Waals surface area contributed by atoms with Crippen LogP contribution < -0.4 is 16.9 Å². The summed E-state index contributed by atoms with van der Waals surface area (Å²) in [5.41, 5.74) is 5.44. The van der Waals surface area contributed by atoms with Crippen molar-refractivity contribution in [3.63, 3.8) is 0 Å². The predicted molar refractivity (Wildman–Crippen MR) is 44.6 cm³/mol. The number of rotatable bonds is 1. The van der Waals surface area contributed by atoms with Crippen LogP contribution in [0.1, 0.15) is 24.7 Å². The highest BCUT2D eigenvalue weighted by Crippen LogP contribution is 2.20. The van der Waals surface area contributed by atoms with Crippen LogP contribution in [0.5, 0.6) is 0 Å². The van der Waals surface area contributed by atoms with Crippen molar-refractivity contribution < 1.29 is 0 Å². The smallest absolute Gasteiger partial charge is 0.240 e. The normalized spacial score (nSPS) is 23.2. The second-order valence-corrected chi connectivity index (χ2v) is 2.94. The van der Waals surface area contributed by atoms with Gasteiger partial charge in [0, 0.05) is 0 Å². The monoisotopic (exact) mass is 168 g/mol. The number of anilines is 1. The first-order valence-electron chi connectivity index (χ1n) is 3.98. The fourth-order valence-corrected chi connectivity index (χ4v) is 1.46. The van der Waals surface area contributed by atoms with E-state index in [1.54, 1.807) is 0 Å². The first-order valence-corrected chi connectivity index (χ1v) is 3.98. The van der Waals surface area contributed by atoms with E-state index in [9.17, 15) is 0 Å². The van der Waals surface area contributed by atoms with Gasteiger partial charge in [-0.05, 0) is 19.4 Å². The fraction of sp³-hybridized carbons (Fsp3) is 0.667. The van der Waals surface area contributed by atoms with Crippen LogP contribution in [0.4, 0.5) is 5.95 Å². The third-order valence-electron chi connectivity index (χ3n) is 2.12. The van der Waals surface area contributed by atoms with Gasteiger partial charge in [-0.25, -0.2) is 4.68 Å². The van der Waals surface area contributed by atoms with Crippen LogP contribution >= 0.6 is 0 Å². The molecule has 1 unspecified atom stereocenters. The van der Waals surface area contributed by atoms with E-state index in [1.807, 2.05) is 0 Å². The Morgan fingerprint density at radius 3 is 2.83 bits per heavy atom. The first-order chi connectivity index (χ1) is 5.79. The minimum Gasteiger partial charge on any atom is -0.366 e. The second kappa shape index (κ2) is 2.63. The Balaban J connectivity index is 2.26. The molecule has 66 valence electrons. The lowest BCUT2D eigenvalue weighted by molar-refractivity contribution is 0.587. The van der Waals surface area contributed by atoms with Crippen molar-refractivity contribution in [3.05, 3.63) is 5.82 Å². The fourth-order valence-electron chi connectivity index (χ4n) is 1.46. The summed E-state index contributed by atoms with van der Waals surface area (Å²) in [4.78, 5) is 0. The summed E-state index contributed by atoms with van der Waals surface area (Å²) in [7, 11) is 0. The van der Waals surface area contributed by atoms with Gasteiger partial charge in [0.05, 0.1) is 6.04 Å². The van der Waals surface area contributed by atoms with Gasteiger partial charge >= 0.3 is 0 Å². The molecule has 2 rings (SSSR count). The Hall–Kier alpha value is -1.30. The molecule has 12 heavy (non-hydrogen) atoms. The number of nitrogens with one attached hydrogen (secondary N) is 1. The highest BCUT2D eigenvalue weighted by Gasteiger charge is 2.22. The summed E-state index contributed by atoms with van der Waals surface area (Å²) < 4.78 is 1.34. The van der Waals surface area contributed by atoms with E-state index in [0.717, 1.165) is 25.2 Å². The molecule has 1 atom stereocenters. The molecule has 0 bridgehead atoms. The number of nitrogens with two attached hydrogens (primary N) is 2. The Kier molecular flexibility index (Phi) is 1.61. The predicted octanol–water partition coefficient (Wildman–Crippen LogP) is -1.00. The van der Waals surface area contributed by atoms with Crippen LogP contribution in [0.2, 0.25) is 0 Å². The summed E-state index contributed by atoms with van der Waals surface area (Å²) >= 11 is 0. The highest BCUT2D eigenvalue weighted by molar-refractivity contribution is 5.19. The first kappa shape index (κ1) is 7.35. The van der Waals surface area contributed by atoms with Crippen molar-refractivity contribution in [3.8, 4) is 0 Å². The maximum Gasteiger partial charge on any atom is 0.240 e. The lowest BCUT2D eigenvalue weighted by Crippen LogP contribution is -2.22. The number of hydrogen-bond donors (Lipinski definition) is 3. The van der Waals surface area contributed by atoms with Gasteiger partial charge in [0.2, 0.25) is 5.95 Å². The number of nitrogens with zero attached hydrogens (tertiary/aromatic N) is 3. The average molecular weight is 168 g/mol. The molecule has 1 fully saturated rings. The molecule has 1 aliphatic rings. The number of hydrogen-bond acceptors (Lipinski definition) is 5. The molecule has 0 radical (unpaired) electrons. The van der Waals surface area contributed by atoms with E-state index in [0.29, 0.717) is 0 Å². The molecule has 6 nitrogen and oxygen atoms in total. The van der Waals surface area contributed by atoms with Crippen molar-refractivity contribution in [2.45, 2.75) is 18.9 Å². The zero-order valence-corrected chi connectivity index (χ0v) is 6.70. The molecular formula is C6H12N6. The quantitative estimate of drug-likeness (QED) is 0.467. The third kappa shape index (κ3) is 1.00. The van der Waals surface area contributed by atoms with Crippen LogP contribution in [0.15, 0.2) is 0 Å². The molecule has 0 aromatic carbocycles. The molecule has 1 aromatic heterocycles. The Morgan fingerprint density at radius 2 is 2.33 bits per heavy atom. The minimum atomic E-state index is 0.222. The molecular weight excluding hydrogens is 156 g/mol. The SMILES string of the molecule is Nc1nnc(C2CCCN2)n1N. The lowest BCUT2D eigenvalue weighted by atomic mass is 10.2. The van der Waals surface area contributed by atoms with Crippen LogP contribution in [0.3, 0.4) is 0 Å². The van der Waals surface area contributed by atoms with Crippen LogP contribution in [-0.4, -0.2) is 21.4 Å². The van der Waals surface area contributed by atoms with E-state index in [2.05, 4.69) is 15.5 Å². The van der Waals surface area contributed by atoms with Crippen molar-refractivity contribution in [1.29, 1.82) is 0 Å². The van der Waals surface area contributed by atoms with E-state index < -0.39 is 0 Å². The zero-order valence-electron chi connectivity index (χ0n) is 6.70. The van der Waals surface area contributed by atoms with Gasteiger partial charge < -0.3 is 16.9 Å². The molecule has 1 aliphatic heterocycles. The minimum absolute atomic E-state index is 0.222. The van der Waals surface area contributed by atoms with Crippen molar-refractivity contribution in [2.24, 2.45) is 0 Å². The summed E-state index contributed by atoms with van der Waals surface area (Å²) in [5.74, 6) is 6.60. The van der Waals surface area contributed by atoms with Gasteiger partial charge in [-0.1, -0.05) is 0 Å². The average Bonchev–Trinajstić information content (AvgIpc) is 2.64. The molecule has 6 heteroatoms. The maximum atomic E-state index is 5.61. The number of nitrogen functional groups attached to an aromatic ring is 2. The van der Waals surface area contributed by atoms with Gasteiger partial charge in [-0.3, -0.25) is 0 Å². The summed E-state index contributed by atoms with van der Waals surface area (Å²) in [6.45, 7) is 1.01. The van der Waals surface area contributed by atoms with Crippen LogP contribution in [0, 0.1) is 0 Å². The Labute approximate surface area is 69.9 Å². The number of aromatic nitrogens is 3. The van der Waals surface area contributed by atoms with E-state index in [1.165, 1.54) is 4.68 Å². The Morgan fingerprint density at radius 1 is 1.50 bits per heavy atom. The van der Waals surface area contributed by atoms with Gasteiger partial charge in [0.1, 0.15) is 0 Å². The molecule has 0 spiro atoms. The van der Waals surface area contributed by atoms with E-state index >= 15 is 0 Å². The molecule has 0 aliphatic carbocycles. The molecule has 0 saturated carbocycles. The zero-order chi connectivity index (χ0) is 8.55. The van der Waals surface area contributed by atoms with Gasteiger partial charge in [-0.15, -0.1) is 10.2 Å². The Bertz CT molecular complexity index is 274. The standard InChI is InChI=1S/C6H12N6/c7-6-11-10-5(12(6)8)4-2-1-3-9-4/h4,9H,1-3,8H2,(H2,7,11). The van der Waals surface area contributed by atoms with E-state index in [-0.39, 0.29) is 12.0 Å². The molecule has 1 aromatic rings. The van der Waals surface area contributed by atoms with Crippen LogP contribution in [-0.2, 0) is 0 Å². The van der Waals surface area contributed by atoms with E-state index in [4.69, 9.17) is 11.6 Å². The van der Waals surface area contributed by atoms with Gasteiger partial charge in [-0.2, -0.15) is 0 Å². The van der Waals surface area contributed by atoms with Crippen molar-refractivity contribution >= 4 is 5.95 Å². The summed E-state index contributed by atoms with van der Waals surface area (Å²) in [5, 5.41) is 10.9. The molecule has 5 N–H and O–H groups in total. The summed E-state index contributed by atoms with van der Waals surface area (Å²) in [6, 6.07) is 0.222. The third-order valence-corrected chi connectivity index (χ3v) is 2.12. The lowest BCUT2D eigenvalue weighted by Gasteiger charge is -2.07. The summed E-state index contributed by atoms with van der Waals surface area (Å²) in [6.07, 6.45) is 2.20. The van der Waals surface area contributed by atoms with Crippen LogP contribution in [0.25, 0.3) is 0 Å². The molecule has 2 heterocycles. The maximum absolute atomic E-state index is 5.61. The highest BCUT2D eigenvalue weighted by atomic mass is 15.5. The molecule has 1 saturated heterocycles. The van der Waals surface area contributed by atoms with Crippen molar-refractivity contribution in [1.82, 2.24) is 20.2 Å². The topological polar surface area (TPSA) is 94.8 Å². The van der Waals surface area contributed by atoms with Crippen molar-refractivity contribution in [2.75, 3.05) is 18.1 Å². The largest absolute Gasteiger partial charge is 0.366 e. The van der Waals surface area contributed by atoms with Gasteiger partial charge in [0.15, 0.2) is 5.82 Å². The molecule has 0 amide bonds. The van der Waals surface area contributed by atoms with Gasteiger partial charge in [0.25, 0.3) is 0 Å². The second-order valence-electron chi connectivity index (χ2n) is 2.94.